The summed E-state index contributed by atoms with van der Waals surface area (Å²) in [5, 5.41) is 10.7. The van der Waals surface area contributed by atoms with Gasteiger partial charge < -0.3 is 5.32 Å². The number of nitrogens with zero attached hydrogens (tertiary/aromatic N) is 3. The van der Waals surface area contributed by atoms with Crippen LogP contribution < -0.4 is 5.32 Å². The highest BCUT2D eigenvalue weighted by Gasteiger charge is 2.08. The molecule has 0 atom stereocenters. The topological polar surface area (TPSA) is 66.5 Å². The summed E-state index contributed by atoms with van der Waals surface area (Å²) in [4.78, 5) is 9.18. The summed E-state index contributed by atoms with van der Waals surface area (Å²) in [6.45, 7) is 4.03. The molecule has 0 unspecified atom stereocenters. The van der Waals surface area contributed by atoms with E-state index in [9.17, 15) is 0 Å². The second-order valence-electron chi connectivity index (χ2n) is 6.24. The van der Waals surface area contributed by atoms with Crippen LogP contribution in [0, 0.1) is 13.8 Å². The van der Waals surface area contributed by atoms with Crippen LogP contribution in [0.5, 0.6) is 0 Å². The summed E-state index contributed by atoms with van der Waals surface area (Å²) in [6.07, 6.45) is 0. The Morgan fingerprint density at radius 3 is 2.31 bits per heavy atom. The lowest BCUT2D eigenvalue weighted by Gasteiger charge is -2.07. The zero-order chi connectivity index (χ0) is 17.9. The van der Waals surface area contributed by atoms with E-state index in [-0.39, 0.29) is 0 Å². The average molecular weight is 341 g/mol. The van der Waals surface area contributed by atoms with Crippen LogP contribution in [-0.4, -0.2) is 20.2 Å². The largest absolute Gasteiger partial charge is 0.323 e. The van der Waals surface area contributed by atoms with Crippen molar-refractivity contribution in [3.63, 3.8) is 0 Å². The monoisotopic (exact) mass is 341 g/mol. The maximum absolute atomic E-state index is 4.63. The van der Waals surface area contributed by atoms with E-state index in [1.807, 2.05) is 61.5 Å². The van der Waals surface area contributed by atoms with Crippen molar-refractivity contribution >= 4 is 11.6 Å². The van der Waals surface area contributed by atoms with E-state index in [1.54, 1.807) is 0 Å². The highest BCUT2D eigenvalue weighted by Crippen LogP contribution is 2.23. The third-order valence-corrected chi connectivity index (χ3v) is 4.08. The predicted octanol–water partition coefficient (Wildman–Crippen LogP) is 4.89. The van der Waals surface area contributed by atoms with Crippen molar-refractivity contribution in [2.45, 2.75) is 13.8 Å². The van der Waals surface area contributed by atoms with Gasteiger partial charge in [0, 0.05) is 23.4 Å². The minimum Gasteiger partial charge on any atom is -0.323 e. The molecule has 0 aliphatic carbocycles. The Hall–Kier alpha value is -3.47. The number of H-pyrrole nitrogens is 1. The van der Waals surface area contributed by atoms with Gasteiger partial charge in [0.15, 0.2) is 11.6 Å². The van der Waals surface area contributed by atoms with Crippen LogP contribution in [0.4, 0.5) is 11.6 Å². The van der Waals surface area contributed by atoms with Gasteiger partial charge in [-0.25, -0.2) is 9.97 Å². The lowest BCUT2D eigenvalue weighted by atomic mass is 10.1. The van der Waals surface area contributed by atoms with Gasteiger partial charge in [-0.15, -0.1) is 0 Å². The van der Waals surface area contributed by atoms with Crippen LogP contribution in [0.1, 0.15) is 11.3 Å². The van der Waals surface area contributed by atoms with Gasteiger partial charge in [-0.2, -0.15) is 5.10 Å². The molecule has 0 amide bonds. The molecular weight excluding hydrogens is 322 g/mol. The van der Waals surface area contributed by atoms with Crippen LogP contribution in [0.2, 0.25) is 0 Å². The molecular formula is C21H19N5. The number of anilines is 2. The predicted molar refractivity (Wildman–Crippen MR) is 104 cm³/mol. The van der Waals surface area contributed by atoms with E-state index < -0.39 is 0 Å². The van der Waals surface area contributed by atoms with Gasteiger partial charge in [0.1, 0.15) is 5.82 Å². The molecule has 4 aromatic rings. The summed E-state index contributed by atoms with van der Waals surface area (Å²) in [7, 11) is 0. The molecule has 0 spiro atoms. The lowest BCUT2D eigenvalue weighted by molar-refractivity contribution is 1.08. The first kappa shape index (κ1) is 16.0. The number of nitrogens with one attached hydrogen (secondary N) is 2. The molecule has 128 valence electrons. The van der Waals surface area contributed by atoms with Gasteiger partial charge >= 0.3 is 0 Å². The van der Waals surface area contributed by atoms with Gasteiger partial charge in [-0.1, -0.05) is 60.2 Å². The zero-order valence-electron chi connectivity index (χ0n) is 14.7. The number of aromatic amines is 1. The molecule has 0 radical (unpaired) electrons. The molecule has 5 nitrogen and oxygen atoms in total. The summed E-state index contributed by atoms with van der Waals surface area (Å²) in [5.41, 5.74) is 5.15. The molecule has 0 aliphatic rings. The molecule has 4 rings (SSSR count). The number of aromatic nitrogens is 4. The molecule has 0 saturated carbocycles. The van der Waals surface area contributed by atoms with E-state index in [2.05, 4.69) is 44.5 Å². The van der Waals surface area contributed by atoms with Crippen LogP contribution in [-0.2, 0) is 0 Å². The minimum atomic E-state index is 0.700. The number of rotatable bonds is 4. The zero-order valence-corrected chi connectivity index (χ0v) is 14.7. The molecule has 2 heterocycles. The molecule has 5 heteroatoms. The molecule has 0 fully saturated rings. The first-order valence-corrected chi connectivity index (χ1v) is 8.48. The molecule has 2 aromatic heterocycles. The molecule has 0 saturated heterocycles. The van der Waals surface area contributed by atoms with Crippen molar-refractivity contribution < 1.29 is 0 Å². The third-order valence-electron chi connectivity index (χ3n) is 4.08. The van der Waals surface area contributed by atoms with Gasteiger partial charge in [0.2, 0.25) is 0 Å². The van der Waals surface area contributed by atoms with E-state index in [1.165, 1.54) is 5.56 Å². The van der Waals surface area contributed by atoms with Gasteiger partial charge in [0.25, 0.3) is 0 Å². The van der Waals surface area contributed by atoms with Crippen molar-refractivity contribution in [1.29, 1.82) is 0 Å². The van der Waals surface area contributed by atoms with Crippen LogP contribution in [0.3, 0.4) is 0 Å². The second kappa shape index (κ2) is 6.80. The standard InChI is InChI=1S/C21H19N5/c1-14-8-10-17(11-9-14)21-22-15(2)12-19(24-21)23-20-13-18(25-26-20)16-6-4-3-5-7-16/h3-13H,1-2H3,(H2,22,23,24,25,26). The van der Waals surface area contributed by atoms with Crippen LogP contribution >= 0.6 is 0 Å². The Labute approximate surface area is 152 Å². The van der Waals surface area contributed by atoms with Crippen molar-refractivity contribution in [2.24, 2.45) is 0 Å². The van der Waals surface area contributed by atoms with E-state index in [4.69, 9.17) is 0 Å². The number of benzene rings is 2. The highest BCUT2D eigenvalue weighted by atomic mass is 15.2. The maximum atomic E-state index is 4.63. The third kappa shape index (κ3) is 3.47. The fourth-order valence-corrected chi connectivity index (χ4v) is 2.75. The quantitative estimate of drug-likeness (QED) is 0.554. The van der Waals surface area contributed by atoms with Crippen molar-refractivity contribution in [3.05, 3.63) is 78.0 Å². The molecule has 2 aromatic carbocycles. The average Bonchev–Trinajstić information content (AvgIpc) is 3.11. The fourth-order valence-electron chi connectivity index (χ4n) is 2.75. The Kier molecular flexibility index (Phi) is 4.19. The minimum absolute atomic E-state index is 0.700. The van der Waals surface area contributed by atoms with E-state index in [0.29, 0.717) is 5.82 Å². The van der Waals surface area contributed by atoms with Crippen molar-refractivity contribution in [1.82, 2.24) is 20.2 Å². The van der Waals surface area contributed by atoms with Gasteiger partial charge in [-0.3, -0.25) is 5.10 Å². The maximum Gasteiger partial charge on any atom is 0.161 e. The molecule has 2 N–H and O–H groups in total. The summed E-state index contributed by atoms with van der Waals surface area (Å²) in [6, 6.07) is 22.2. The van der Waals surface area contributed by atoms with E-state index in [0.717, 1.165) is 34.2 Å². The summed E-state index contributed by atoms with van der Waals surface area (Å²) in [5.74, 6) is 2.14. The number of hydrogen-bond acceptors (Lipinski definition) is 4. The second-order valence-corrected chi connectivity index (χ2v) is 6.24. The number of hydrogen-bond donors (Lipinski definition) is 2. The summed E-state index contributed by atoms with van der Waals surface area (Å²) < 4.78 is 0. The molecule has 0 aliphatic heterocycles. The van der Waals surface area contributed by atoms with Crippen LogP contribution in [0.15, 0.2) is 66.7 Å². The Morgan fingerprint density at radius 2 is 1.54 bits per heavy atom. The molecule has 26 heavy (non-hydrogen) atoms. The SMILES string of the molecule is Cc1ccc(-c2nc(C)cc(Nc3cc(-c4ccccc4)[nH]n3)n2)cc1. The van der Waals surface area contributed by atoms with Gasteiger partial charge in [-0.05, 0) is 19.4 Å². The van der Waals surface area contributed by atoms with Crippen LogP contribution in [0.25, 0.3) is 22.6 Å². The highest BCUT2D eigenvalue weighted by molar-refractivity contribution is 5.66. The van der Waals surface area contributed by atoms with Gasteiger partial charge in [0.05, 0.1) is 5.69 Å². The van der Waals surface area contributed by atoms with E-state index >= 15 is 0 Å². The van der Waals surface area contributed by atoms with Crippen molar-refractivity contribution in [3.8, 4) is 22.6 Å². The first-order chi connectivity index (χ1) is 12.7. The Bertz CT molecular complexity index is 1020. The molecule has 0 bridgehead atoms. The first-order valence-electron chi connectivity index (χ1n) is 8.48. The van der Waals surface area contributed by atoms with Crippen molar-refractivity contribution in [2.75, 3.05) is 5.32 Å². The number of aryl methyl sites for hydroxylation is 2. The Morgan fingerprint density at radius 1 is 0.769 bits per heavy atom. The fraction of sp³-hybridized carbons (Fsp3) is 0.0952. The smallest absolute Gasteiger partial charge is 0.161 e. The normalized spacial score (nSPS) is 10.7. The lowest BCUT2D eigenvalue weighted by Crippen LogP contribution is -1.99. The summed E-state index contributed by atoms with van der Waals surface area (Å²) >= 11 is 0. The Balaban J connectivity index is 1.61.